The number of benzene rings is 1. The number of halogens is 2. The summed E-state index contributed by atoms with van der Waals surface area (Å²) in [7, 11) is 0. The van der Waals surface area contributed by atoms with E-state index in [-0.39, 0.29) is 11.9 Å². The molecule has 0 saturated heterocycles. The average Bonchev–Trinajstić information content (AvgIpc) is 3.10. The van der Waals surface area contributed by atoms with Crippen molar-refractivity contribution < 1.29 is 4.39 Å². The quantitative estimate of drug-likeness (QED) is 0.865. The molecule has 1 aromatic carbocycles. The van der Waals surface area contributed by atoms with E-state index in [4.69, 9.17) is 17.3 Å². The molecule has 1 aromatic rings. The molecule has 0 heterocycles. The Kier molecular flexibility index (Phi) is 4.82. The highest BCUT2D eigenvalue weighted by Crippen LogP contribution is 2.35. The largest absolute Gasteiger partial charge is 0.329 e. The van der Waals surface area contributed by atoms with Crippen LogP contribution in [0.1, 0.15) is 38.3 Å². The topological polar surface area (TPSA) is 29.3 Å². The third-order valence-electron chi connectivity index (χ3n) is 3.49. The first kappa shape index (κ1) is 14.8. The van der Waals surface area contributed by atoms with Crippen molar-refractivity contribution >= 4 is 11.6 Å². The van der Waals surface area contributed by atoms with Crippen LogP contribution >= 0.6 is 11.6 Å². The molecule has 0 aromatic heterocycles. The second-order valence-electron chi connectivity index (χ2n) is 5.78. The van der Waals surface area contributed by atoms with Crippen molar-refractivity contribution in [3.05, 3.63) is 34.6 Å². The smallest absolute Gasteiger partial charge is 0.125 e. The molecule has 0 aliphatic heterocycles. The summed E-state index contributed by atoms with van der Waals surface area (Å²) in [5, 5.41) is 0.439. The normalized spacial score (nSPS) is 17.2. The maximum absolute atomic E-state index is 13.5. The van der Waals surface area contributed by atoms with Crippen molar-refractivity contribution in [1.29, 1.82) is 0 Å². The summed E-state index contributed by atoms with van der Waals surface area (Å²) < 4.78 is 13.5. The third kappa shape index (κ3) is 3.91. The molecule has 0 bridgehead atoms. The van der Waals surface area contributed by atoms with E-state index in [1.165, 1.54) is 18.9 Å². The van der Waals surface area contributed by atoms with Crippen molar-refractivity contribution in [1.82, 2.24) is 4.90 Å². The summed E-state index contributed by atoms with van der Waals surface area (Å²) >= 11 is 5.96. The molecule has 1 saturated carbocycles. The first-order chi connectivity index (χ1) is 9.01. The average molecular weight is 285 g/mol. The molecular weight excluding hydrogens is 263 g/mol. The van der Waals surface area contributed by atoms with Gasteiger partial charge in [-0.05, 0) is 42.5 Å². The van der Waals surface area contributed by atoms with Crippen LogP contribution in [0.5, 0.6) is 0 Å². The molecule has 0 amide bonds. The van der Waals surface area contributed by atoms with Crippen LogP contribution in [0.4, 0.5) is 4.39 Å². The highest BCUT2D eigenvalue weighted by molar-refractivity contribution is 6.30. The minimum absolute atomic E-state index is 0.0584. The van der Waals surface area contributed by atoms with E-state index >= 15 is 0 Å². The van der Waals surface area contributed by atoms with Crippen molar-refractivity contribution in [2.75, 3.05) is 13.1 Å². The van der Waals surface area contributed by atoms with Crippen LogP contribution in [0.25, 0.3) is 0 Å². The summed E-state index contributed by atoms with van der Waals surface area (Å²) in [5.41, 5.74) is 6.83. The molecule has 1 aliphatic carbocycles. The van der Waals surface area contributed by atoms with Crippen LogP contribution < -0.4 is 5.73 Å². The molecule has 106 valence electrons. The maximum Gasteiger partial charge on any atom is 0.125 e. The molecule has 19 heavy (non-hydrogen) atoms. The van der Waals surface area contributed by atoms with E-state index in [0.29, 0.717) is 23.5 Å². The Hall–Kier alpha value is -0.640. The lowest BCUT2D eigenvalue weighted by molar-refractivity contribution is 0.169. The van der Waals surface area contributed by atoms with Crippen molar-refractivity contribution in [2.24, 2.45) is 11.7 Å². The fourth-order valence-electron chi connectivity index (χ4n) is 2.59. The third-order valence-corrected chi connectivity index (χ3v) is 3.70. The fraction of sp³-hybridized carbons (Fsp3) is 0.600. The van der Waals surface area contributed by atoms with Gasteiger partial charge >= 0.3 is 0 Å². The van der Waals surface area contributed by atoms with E-state index in [1.807, 2.05) is 6.07 Å². The van der Waals surface area contributed by atoms with E-state index < -0.39 is 0 Å². The second-order valence-corrected chi connectivity index (χ2v) is 6.21. The Balaban J connectivity index is 2.25. The summed E-state index contributed by atoms with van der Waals surface area (Å²) in [6.45, 7) is 5.87. The van der Waals surface area contributed by atoms with Gasteiger partial charge in [-0.2, -0.15) is 0 Å². The van der Waals surface area contributed by atoms with Gasteiger partial charge in [0.2, 0.25) is 0 Å². The number of nitrogens with two attached hydrogens (primary N) is 1. The van der Waals surface area contributed by atoms with Gasteiger partial charge in [0.05, 0.1) is 0 Å². The summed E-state index contributed by atoms with van der Waals surface area (Å²) in [4.78, 5) is 2.41. The van der Waals surface area contributed by atoms with E-state index in [1.54, 1.807) is 6.07 Å². The van der Waals surface area contributed by atoms with Gasteiger partial charge in [-0.3, -0.25) is 4.90 Å². The minimum atomic E-state index is -0.291. The second kappa shape index (κ2) is 6.21. The predicted octanol–water partition coefficient (Wildman–Crippen LogP) is 3.60. The van der Waals surface area contributed by atoms with Gasteiger partial charge in [0.1, 0.15) is 5.82 Å². The van der Waals surface area contributed by atoms with Gasteiger partial charge in [-0.25, -0.2) is 4.39 Å². The Morgan fingerprint density at radius 1 is 1.37 bits per heavy atom. The zero-order valence-electron chi connectivity index (χ0n) is 11.6. The summed E-state index contributed by atoms with van der Waals surface area (Å²) in [5.74, 6) is 0.278. The number of rotatable bonds is 6. The monoisotopic (exact) mass is 284 g/mol. The summed E-state index contributed by atoms with van der Waals surface area (Å²) in [6, 6.07) is 5.38. The standard InChI is InChI=1S/C15H22ClFN2/c1-10(2)9-19(14-3-4-14)15(8-18)11-5-12(16)7-13(17)6-11/h5-7,10,14-15H,3-4,8-9,18H2,1-2H3. The van der Waals surface area contributed by atoms with Gasteiger partial charge in [-0.15, -0.1) is 0 Å². The van der Waals surface area contributed by atoms with E-state index in [9.17, 15) is 4.39 Å². The number of nitrogens with zero attached hydrogens (tertiary/aromatic N) is 1. The van der Waals surface area contributed by atoms with Crippen molar-refractivity contribution in [3.8, 4) is 0 Å². The lowest BCUT2D eigenvalue weighted by atomic mass is 10.0. The van der Waals surface area contributed by atoms with Crippen LogP contribution in [-0.2, 0) is 0 Å². The maximum atomic E-state index is 13.5. The first-order valence-corrected chi connectivity index (χ1v) is 7.31. The molecule has 0 spiro atoms. The molecule has 2 nitrogen and oxygen atoms in total. The highest BCUT2D eigenvalue weighted by Gasteiger charge is 2.34. The molecule has 1 unspecified atom stereocenters. The van der Waals surface area contributed by atoms with Gasteiger partial charge in [0.15, 0.2) is 0 Å². The molecule has 1 fully saturated rings. The lowest BCUT2D eigenvalue weighted by Crippen LogP contribution is -2.38. The van der Waals surface area contributed by atoms with Gasteiger partial charge in [0.25, 0.3) is 0 Å². The minimum Gasteiger partial charge on any atom is -0.329 e. The molecule has 0 radical (unpaired) electrons. The van der Waals surface area contributed by atoms with Crippen LogP contribution in [-0.4, -0.2) is 24.0 Å². The Labute approximate surface area is 119 Å². The van der Waals surface area contributed by atoms with Gasteiger partial charge < -0.3 is 5.73 Å². The molecule has 2 rings (SSSR count). The molecular formula is C15H22ClFN2. The summed E-state index contributed by atoms with van der Waals surface area (Å²) in [6.07, 6.45) is 2.43. The Bertz CT molecular complexity index is 412. The van der Waals surface area contributed by atoms with Crippen LogP contribution in [0.2, 0.25) is 5.02 Å². The Morgan fingerprint density at radius 2 is 2.05 bits per heavy atom. The van der Waals surface area contributed by atoms with Gasteiger partial charge in [0, 0.05) is 30.2 Å². The highest BCUT2D eigenvalue weighted by atomic mass is 35.5. The SMILES string of the molecule is CC(C)CN(C1CC1)C(CN)c1cc(F)cc(Cl)c1. The van der Waals surface area contributed by atoms with Crippen molar-refractivity contribution in [2.45, 2.75) is 38.8 Å². The zero-order chi connectivity index (χ0) is 14.0. The Morgan fingerprint density at radius 3 is 2.53 bits per heavy atom. The van der Waals surface area contributed by atoms with Crippen LogP contribution in [0, 0.1) is 11.7 Å². The first-order valence-electron chi connectivity index (χ1n) is 6.93. The zero-order valence-corrected chi connectivity index (χ0v) is 12.3. The van der Waals surface area contributed by atoms with Gasteiger partial charge in [-0.1, -0.05) is 25.4 Å². The molecule has 4 heteroatoms. The number of hydrogen-bond donors (Lipinski definition) is 1. The fourth-order valence-corrected chi connectivity index (χ4v) is 2.82. The van der Waals surface area contributed by atoms with Crippen LogP contribution in [0.15, 0.2) is 18.2 Å². The molecule has 1 aliphatic rings. The molecule has 2 N–H and O–H groups in total. The number of hydrogen-bond acceptors (Lipinski definition) is 2. The van der Waals surface area contributed by atoms with E-state index in [0.717, 1.165) is 12.1 Å². The molecule has 1 atom stereocenters. The van der Waals surface area contributed by atoms with E-state index in [2.05, 4.69) is 18.7 Å². The van der Waals surface area contributed by atoms with Crippen molar-refractivity contribution in [3.63, 3.8) is 0 Å². The predicted molar refractivity (Wildman–Crippen MR) is 77.8 cm³/mol. The van der Waals surface area contributed by atoms with Crippen LogP contribution in [0.3, 0.4) is 0 Å². The lowest BCUT2D eigenvalue weighted by Gasteiger charge is -2.33.